The van der Waals surface area contributed by atoms with Gasteiger partial charge < -0.3 is 15.4 Å². The van der Waals surface area contributed by atoms with Gasteiger partial charge in [-0.05, 0) is 79.6 Å². The van der Waals surface area contributed by atoms with E-state index in [1.54, 1.807) is 5.01 Å². The number of primary amides is 1. The third-order valence-corrected chi connectivity index (χ3v) is 7.99. The van der Waals surface area contributed by atoms with Crippen LogP contribution in [0.25, 0.3) is 5.57 Å². The molecule has 2 N–H and O–H groups in total. The van der Waals surface area contributed by atoms with E-state index in [-0.39, 0.29) is 6.04 Å². The maximum Gasteiger partial charge on any atom is 0.334 e. The van der Waals surface area contributed by atoms with Gasteiger partial charge in [-0.3, -0.25) is 4.90 Å². The van der Waals surface area contributed by atoms with E-state index in [0.717, 1.165) is 51.1 Å². The number of fused-ring (bicyclic) bond motifs is 1. The Morgan fingerprint density at radius 2 is 1.72 bits per heavy atom. The molecule has 36 heavy (non-hydrogen) atoms. The maximum atomic E-state index is 12.5. The Bertz CT molecular complexity index is 1100. The highest BCUT2D eigenvalue weighted by Crippen LogP contribution is 2.36. The van der Waals surface area contributed by atoms with Crippen molar-refractivity contribution < 1.29 is 9.53 Å². The van der Waals surface area contributed by atoms with Crippen LogP contribution >= 0.6 is 0 Å². The number of benzene rings is 2. The molecule has 3 aliphatic rings. The van der Waals surface area contributed by atoms with Crippen molar-refractivity contribution in [2.75, 3.05) is 56.3 Å². The molecule has 2 aromatic rings. The molecule has 0 saturated carbocycles. The van der Waals surface area contributed by atoms with Crippen molar-refractivity contribution in [2.45, 2.75) is 45.2 Å². The van der Waals surface area contributed by atoms with Gasteiger partial charge in [-0.1, -0.05) is 24.3 Å². The summed E-state index contributed by atoms with van der Waals surface area (Å²) in [4.78, 5) is 17.6. The van der Waals surface area contributed by atoms with Crippen molar-refractivity contribution in [3.63, 3.8) is 0 Å². The standard InChI is InChI=1S/C29H39N5O2/c1-21(2)32-14-16-33(17-15-32)25-8-4-22(5-9-25)27-11-7-23-6-10-26(20-28(23)27)34(29(30)35)31(3)24-12-18-36-19-13-24/h4-6,8-11,20-21,24H,7,12-19H2,1-3H3,(H2,30,35). The Hall–Kier alpha value is -2.87. The van der Waals surface area contributed by atoms with Crippen molar-refractivity contribution in [2.24, 2.45) is 5.73 Å². The van der Waals surface area contributed by atoms with Crippen molar-refractivity contribution in [1.82, 2.24) is 9.91 Å². The van der Waals surface area contributed by atoms with Gasteiger partial charge in [0.05, 0.1) is 5.69 Å². The molecule has 0 unspecified atom stereocenters. The van der Waals surface area contributed by atoms with Gasteiger partial charge in [0.2, 0.25) is 0 Å². The summed E-state index contributed by atoms with van der Waals surface area (Å²) in [5.74, 6) is 0. The molecule has 0 radical (unpaired) electrons. The van der Waals surface area contributed by atoms with Crippen molar-refractivity contribution in [3.8, 4) is 0 Å². The molecule has 5 rings (SSSR count). The minimum Gasteiger partial charge on any atom is -0.381 e. The van der Waals surface area contributed by atoms with E-state index in [2.05, 4.69) is 66.1 Å². The number of piperazine rings is 1. The van der Waals surface area contributed by atoms with Crippen LogP contribution in [0.5, 0.6) is 0 Å². The molecule has 1 aliphatic carbocycles. The molecule has 0 atom stereocenters. The third-order valence-electron chi connectivity index (χ3n) is 7.99. The number of allylic oxidation sites excluding steroid dienone is 1. The molecular formula is C29H39N5O2. The first-order chi connectivity index (χ1) is 17.4. The zero-order valence-corrected chi connectivity index (χ0v) is 21.8. The van der Waals surface area contributed by atoms with Gasteiger partial charge in [-0.25, -0.2) is 14.8 Å². The molecule has 192 valence electrons. The summed E-state index contributed by atoms with van der Waals surface area (Å²) >= 11 is 0. The molecule has 2 aliphatic heterocycles. The van der Waals surface area contributed by atoms with E-state index >= 15 is 0 Å². The van der Waals surface area contributed by atoms with Gasteiger partial charge in [0, 0.05) is 64.2 Å². The number of rotatable bonds is 6. The second kappa shape index (κ2) is 10.6. The van der Waals surface area contributed by atoms with Crippen LogP contribution in [-0.4, -0.2) is 74.5 Å². The van der Waals surface area contributed by atoms with E-state index in [1.165, 1.54) is 28.0 Å². The maximum absolute atomic E-state index is 12.5. The average molecular weight is 490 g/mol. The fourth-order valence-electron chi connectivity index (χ4n) is 5.76. The molecule has 2 saturated heterocycles. The van der Waals surface area contributed by atoms with Crippen molar-refractivity contribution >= 4 is 23.0 Å². The smallest absolute Gasteiger partial charge is 0.334 e. The van der Waals surface area contributed by atoms with Crippen LogP contribution in [0, 0.1) is 0 Å². The van der Waals surface area contributed by atoms with Crippen LogP contribution in [0.15, 0.2) is 48.5 Å². The summed E-state index contributed by atoms with van der Waals surface area (Å²) in [5.41, 5.74) is 12.9. The quantitative estimate of drug-likeness (QED) is 0.619. The van der Waals surface area contributed by atoms with E-state index in [1.807, 2.05) is 18.1 Å². The van der Waals surface area contributed by atoms with Gasteiger partial charge in [0.25, 0.3) is 0 Å². The second-order valence-electron chi connectivity index (χ2n) is 10.4. The fraction of sp³-hybridized carbons (Fsp3) is 0.483. The second-order valence-corrected chi connectivity index (χ2v) is 10.4. The highest BCUT2D eigenvalue weighted by atomic mass is 16.5. The average Bonchev–Trinajstić information content (AvgIpc) is 3.32. The summed E-state index contributed by atoms with van der Waals surface area (Å²) < 4.78 is 5.51. The summed E-state index contributed by atoms with van der Waals surface area (Å²) in [6.45, 7) is 10.3. The lowest BCUT2D eigenvalue weighted by molar-refractivity contribution is 0.0420. The Morgan fingerprint density at radius 1 is 1.03 bits per heavy atom. The van der Waals surface area contributed by atoms with Crippen LogP contribution in [0.1, 0.15) is 43.4 Å². The number of hydrogen-bond donors (Lipinski definition) is 1. The Kier molecular flexibility index (Phi) is 7.32. The first-order valence-corrected chi connectivity index (χ1v) is 13.3. The third kappa shape index (κ3) is 5.01. The topological polar surface area (TPSA) is 65.3 Å². The summed E-state index contributed by atoms with van der Waals surface area (Å²) in [6, 6.07) is 15.6. The predicted octanol–water partition coefficient (Wildman–Crippen LogP) is 4.12. The van der Waals surface area contributed by atoms with E-state index in [0.29, 0.717) is 19.3 Å². The molecule has 0 spiro atoms. The molecule has 7 heteroatoms. The Labute approximate surface area is 215 Å². The first-order valence-electron chi connectivity index (χ1n) is 13.3. The number of hydrazine groups is 1. The number of amides is 2. The molecular weight excluding hydrogens is 450 g/mol. The van der Waals surface area contributed by atoms with Gasteiger partial charge >= 0.3 is 6.03 Å². The number of nitrogens with zero attached hydrogens (tertiary/aromatic N) is 4. The highest BCUT2D eigenvalue weighted by Gasteiger charge is 2.28. The molecule has 2 fully saturated rings. The van der Waals surface area contributed by atoms with Gasteiger partial charge in [-0.15, -0.1) is 0 Å². The lowest BCUT2D eigenvalue weighted by atomic mass is 9.98. The summed E-state index contributed by atoms with van der Waals surface area (Å²) in [6.07, 6.45) is 4.96. The molecule has 7 nitrogen and oxygen atoms in total. The minimum atomic E-state index is -0.464. The first kappa shape index (κ1) is 24.8. The van der Waals surface area contributed by atoms with Crippen LogP contribution in [0.4, 0.5) is 16.2 Å². The lowest BCUT2D eigenvalue weighted by Crippen LogP contribution is -2.53. The van der Waals surface area contributed by atoms with Gasteiger partial charge in [0.15, 0.2) is 0 Å². The normalized spacial score (nSPS) is 19.0. The number of carbonyl (C=O) groups is 1. The monoisotopic (exact) mass is 489 g/mol. The van der Waals surface area contributed by atoms with Gasteiger partial charge in [0.1, 0.15) is 0 Å². The van der Waals surface area contributed by atoms with Crippen LogP contribution in [0.2, 0.25) is 0 Å². The number of anilines is 2. The number of nitrogens with two attached hydrogens (primary N) is 1. The number of hydrogen-bond acceptors (Lipinski definition) is 5. The van der Waals surface area contributed by atoms with E-state index in [9.17, 15) is 4.79 Å². The summed E-state index contributed by atoms with van der Waals surface area (Å²) in [5, 5.41) is 3.60. The number of carbonyl (C=O) groups excluding carboxylic acids is 1. The molecule has 2 aromatic carbocycles. The molecule has 0 aromatic heterocycles. The molecule has 2 heterocycles. The number of ether oxygens (including phenoxy) is 1. The zero-order valence-electron chi connectivity index (χ0n) is 21.8. The van der Waals surface area contributed by atoms with E-state index < -0.39 is 6.03 Å². The fourth-order valence-corrected chi connectivity index (χ4v) is 5.76. The molecule has 0 bridgehead atoms. The highest BCUT2D eigenvalue weighted by molar-refractivity contribution is 5.92. The Morgan fingerprint density at radius 3 is 2.36 bits per heavy atom. The predicted molar refractivity (Wildman–Crippen MR) is 146 cm³/mol. The van der Waals surface area contributed by atoms with Crippen LogP contribution in [0.3, 0.4) is 0 Å². The summed E-state index contributed by atoms with van der Waals surface area (Å²) in [7, 11) is 1.95. The van der Waals surface area contributed by atoms with Crippen LogP contribution in [-0.2, 0) is 11.2 Å². The van der Waals surface area contributed by atoms with Crippen molar-refractivity contribution in [1.29, 1.82) is 0 Å². The largest absolute Gasteiger partial charge is 0.381 e. The Balaban J connectivity index is 1.34. The van der Waals surface area contributed by atoms with Crippen LogP contribution < -0.4 is 15.6 Å². The minimum absolute atomic E-state index is 0.226. The lowest BCUT2D eigenvalue weighted by Gasteiger charge is -2.38. The zero-order chi connectivity index (χ0) is 25.2. The van der Waals surface area contributed by atoms with Gasteiger partial charge in [-0.2, -0.15) is 0 Å². The van der Waals surface area contributed by atoms with E-state index in [4.69, 9.17) is 10.5 Å². The SMILES string of the molecule is CC(C)N1CCN(c2ccc(C3=CCc4ccc(N(C(N)=O)N(C)C5CCOCC5)cc43)cc2)CC1. The van der Waals surface area contributed by atoms with Crippen molar-refractivity contribution in [3.05, 3.63) is 65.2 Å². The number of urea groups is 1. The molecule has 2 amide bonds.